The molecule has 28 heavy (non-hydrogen) atoms. The third-order valence-electron chi connectivity index (χ3n) is 4.41. The van der Waals surface area contributed by atoms with Crippen molar-refractivity contribution in [2.24, 2.45) is 0 Å². The fourth-order valence-corrected chi connectivity index (χ4v) is 3.79. The van der Waals surface area contributed by atoms with Gasteiger partial charge in [0.1, 0.15) is 11.6 Å². The second-order valence-electron chi connectivity index (χ2n) is 6.65. The number of hydrogen-bond acceptors (Lipinski definition) is 4. The van der Waals surface area contributed by atoms with E-state index in [2.05, 4.69) is 32.2 Å². The highest BCUT2D eigenvalue weighted by atomic mass is 35.5. The van der Waals surface area contributed by atoms with Crippen LogP contribution < -0.4 is 5.32 Å². The second kappa shape index (κ2) is 8.32. The lowest BCUT2D eigenvalue weighted by molar-refractivity contribution is -0.113. The molecule has 0 aliphatic heterocycles. The minimum absolute atomic E-state index is 0.0718. The van der Waals surface area contributed by atoms with Crippen molar-refractivity contribution in [2.75, 3.05) is 11.1 Å². The SMILES string of the molecule is O=C(CSc1nnc(C2CC2)n1Cc1ccccc1)Nc1cc(Cl)ccc1F. The maximum absolute atomic E-state index is 13.8. The molecule has 0 radical (unpaired) electrons. The lowest BCUT2D eigenvalue weighted by Crippen LogP contribution is -2.16. The molecule has 1 amide bonds. The van der Waals surface area contributed by atoms with E-state index in [1.165, 1.54) is 30.0 Å². The van der Waals surface area contributed by atoms with E-state index in [1.54, 1.807) is 0 Å². The minimum atomic E-state index is -0.522. The van der Waals surface area contributed by atoms with Crippen molar-refractivity contribution in [3.8, 4) is 0 Å². The number of benzene rings is 2. The van der Waals surface area contributed by atoms with Crippen LogP contribution in [0.15, 0.2) is 53.7 Å². The van der Waals surface area contributed by atoms with Crippen molar-refractivity contribution >= 4 is 35.0 Å². The van der Waals surface area contributed by atoms with E-state index >= 15 is 0 Å². The van der Waals surface area contributed by atoms with Crippen LogP contribution in [0, 0.1) is 5.82 Å². The lowest BCUT2D eigenvalue weighted by Gasteiger charge is -2.10. The first-order chi connectivity index (χ1) is 13.6. The van der Waals surface area contributed by atoms with Gasteiger partial charge in [0.25, 0.3) is 0 Å². The van der Waals surface area contributed by atoms with Crippen LogP contribution in [-0.4, -0.2) is 26.4 Å². The molecule has 1 N–H and O–H groups in total. The Morgan fingerprint density at radius 3 is 2.75 bits per heavy atom. The van der Waals surface area contributed by atoms with Gasteiger partial charge in [-0.25, -0.2) is 4.39 Å². The van der Waals surface area contributed by atoms with Gasteiger partial charge in [-0.15, -0.1) is 10.2 Å². The summed E-state index contributed by atoms with van der Waals surface area (Å²) in [7, 11) is 0. The Kier molecular flexibility index (Phi) is 5.64. The number of rotatable bonds is 7. The average molecular weight is 417 g/mol. The van der Waals surface area contributed by atoms with Gasteiger partial charge < -0.3 is 9.88 Å². The van der Waals surface area contributed by atoms with E-state index in [0.717, 1.165) is 24.2 Å². The van der Waals surface area contributed by atoms with E-state index in [0.29, 0.717) is 22.6 Å². The molecule has 3 aromatic rings. The summed E-state index contributed by atoms with van der Waals surface area (Å²) in [6, 6.07) is 14.1. The van der Waals surface area contributed by atoms with Crippen molar-refractivity contribution in [3.05, 3.63) is 70.8 Å². The first-order valence-corrected chi connectivity index (χ1v) is 10.3. The fraction of sp³-hybridized carbons (Fsp3) is 0.250. The number of amides is 1. The number of halogens is 2. The van der Waals surface area contributed by atoms with Gasteiger partial charge >= 0.3 is 0 Å². The molecule has 8 heteroatoms. The summed E-state index contributed by atoms with van der Waals surface area (Å²) >= 11 is 7.16. The topological polar surface area (TPSA) is 59.8 Å². The normalized spacial score (nSPS) is 13.5. The molecule has 0 bridgehead atoms. The first-order valence-electron chi connectivity index (χ1n) is 8.95. The highest BCUT2D eigenvalue weighted by molar-refractivity contribution is 7.99. The van der Waals surface area contributed by atoms with Gasteiger partial charge in [0.05, 0.1) is 18.0 Å². The summed E-state index contributed by atoms with van der Waals surface area (Å²) in [4.78, 5) is 12.3. The number of nitrogens with one attached hydrogen (secondary N) is 1. The summed E-state index contributed by atoms with van der Waals surface area (Å²) in [6.07, 6.45) is 2.23. The molecular formula is C20H18ClFN4OS. The molecule has 1 heterocycles. The summed E-state index contributed by atoms with van der Waals surface area (Å²) in [5.41, 5.74) is 1.22. The smallest absolute Gasteiger partial charge is 0.234 e. The van der Waals surface area contributed by atoms with Gasteiger partial charge in [0, 0.05) is 10.9 Å². The number of aromatic nitrogens is 3. The van der Waals surface area contributed by atoms with Crippen molar-refractivity contribution in [1.82, 2.24) is 14.8 Å². The molecular weight excluding hydrogens is 399 g/mol. The average Bonchev–Trinajstić information content (AvgIpc) is 3.46. The van der Waals surface area contributed by atoms with Gasteiger partial charge in [-0.05, 0) is 36.6 Å². The summed E-state index contributed by atoms with van der Waals surface area (Å²) < 4.78 is 15.9. The number of anilines is 1. The molecule has 0 atom stereocenters. The Morgan fingerprint density at radius 2 is 2.00 bits per heavy atom. The summed E-state index contributed by atoms with van der Waals surface area (Å²) in [5, 5.41) is 12.2. The zero-order valence-corrected chi connectivity index (χ0v) is 16.5. The largest absolute Gasteiger partial charge is 0.323 e. The molecule has 1 aliphatic rings. The summed E-state index contributed by atoms with van der Waals surface area (Å²) in [6.45, 7) is 0.659. The van der Waals surface area contributed by atoms with Crippen LogP contribution >= 0.6 is 23.4 Å². The van der Waals surface area contributed by atoms with Gasteiger partial charge in [0.2, 0.25) is 5.91 Å². The highest BCUT2D eigenvalue weighted by Crippen LogP contribution is 2.40. The third-order valence-corrected chi connectivity index (χ3v) is 5.61. The molecule has 1 saturated carbocycles. The Morgan fingerprint density at radius 1 is 1.21 bits per heavy atom. The van der Waals surface area contributed by atoms with Crippen LogP contribution in [0.2, 0.25) is 5.02 Å². The standard InChI is InChI=1S/C20H18ClFN4OS/c21-15-8-9-16(22)17(10-15)23-18(27)12-28-20-25-24-19(14-6-7-14)26(20)11-13-4-2-1-3-5-13/h1-5,8-10,14H,6-7,11-12H2,(H,23,27). The first kappa shape index (κ1) is 19.0. The van der Waals surface area contributed by atoms with Crippen molar-refractivity contribution in [3.63, 3.8) is 0 Å². The molecule has 1 aromatic heterocycles. The van der Waals surface area contributed by atoms with Crippen molar-refractivity contribution in [1.29, 1.82) is 0 Å². The van der Waals surface area contributed by atoms with E-state index in [1.807, 2.05) is 18.2 Å². The molecule has 0 spiro atoms. The molecule has 0 saturated heterocycles. The Hall–Kier alpha value is -2.38. The summed E-state index contributed by atoms with van der Waals surface area (Å²) in [5.74, 6) is 0.663. The predicted molar refractivity (Wildman–Crippen MR) is 108 cm³/mol. The molecule has 4 rings (SSSR count). The molecule has 2 aromatic carbocycles. The van der Waals surface area contributed by atoms with E-state index in [9.17, 15) is 9.18 Å². The second-order valence-corrected chi connectivity index (χ2v) is 8.03. The van der Waals surface area contributed by atoms with Crippen LogP contribution in [0.5, 0.6) is 0 Å². The van der Waals surface area contributed by atoms with E-state index in [4.69, 9.17) is 11.6 Å². The van der Waals surface area contributed by atoms with Gasteiger partial charge in [-0.2, -0.15) is 0 Å². The number of carbonyl (C=O) groups is 1. The maximum atomic E-state index is 13.8. The number of hydrogen-bond donors (Lipinski definition) is 1. The van der Waals surface area contributed by atoms with Gasteiger partial charge in [0.15, 0.2) is 5.16 Å². The zero-order chi connectivity index (χ0) is 19.5. The van der Waals surface area contributed by atoms with Gasteiger partial charge in [-0.1, -0.05) is 53.7 Å². The molecule has 1 aliphatic carbocycles. The van der Waals surface area contributed by atoms with Crippen LogP contribution in [0.4, 0.5) is 10.1 Å². The van der Waals surface area contributed by atoms with Crippen molar-refractivity contribution in [2.45, 2.75) is 30.5 Å². The number of thioether (sulfide) groups is 1. The monoisotopic (exact) mass is 416 g/mol. The van der Waals surface area contributed by atoms with Gasteiger partial charge in [-0.3, -0.25) is 4.79 Å². The Bertz CT molecular complexity index is 991. The fourth-order valence-electron chi connectivity index (χ4n) is 2.87. The zero-order valence-electron chi connectivity index (χ0n) is 14.9. The molecule has 1 fully saturated rings. The third kappa shape index (κ3) is 4.54. The quantitative estimate of drug-likeness (QED) is 0.566. The highest BCUT2D eigenvalue weighted by Gasteiger charge is 2.30. The molecule has 0 unspecified atom stereocenters. The van der Waals surface area contributed by atoms with Crippen LogP contribution in [0.3, 0.4) is 0 Å². The van der Waals surface area contributed by atoms with Crippen LogP contribution in [0.1, 0.15) is 30.1 Å². The lowest BCUT2D eigenvalue weighted by atomic mass is 10.2. The minimum Gasteiger partial charge on any atom is -0.323 e. The van der Waals surface area contributed by atoms with Crippen molar-refractivity contribution < 1.29 is 9.18 Å². The van der Waals surface area contributed by atoms with Crippen LogP contribution in [0.25, 0.3) is 0 Å². The number of nitrogens with zero attached hydrogens (tertiary/aromatic N) is 3. The maximum Gasteiger partial charge on any atom is 0.234 e. The number of carbonyl (C=O) groups excluding carboxylic acids is 1. The Balaban J connectivity index is 1.45. The van der Waals surface area contributed by atoms with Crippen LogP contribution in [-0.2, 0) is 11.3 Å². The Labute approximate surface area is 171 Å². The molecule has 5 nitrogen and oxygen atoms in total. The predicted octanol–water partition coefficient (Wildman–Crippen LogP) is 4.73. The van der Waals surface area contributed by atoms with E-state index in [-0.39, 0.29) is 17.3 Å². The van der Waals surface area contributed by atoms with E-state index < -0.39 is 5.82 Å². The molecule has 144 valence electrons.